The van der Waals surface area contributed by atoms with Crippen LogP contribution < -0.4 is 0 Å². The third kappa shape index (κ3) is 2.36. The zero-order chi connectivity index (χ0) is 13.9. The second kappa shape index (κ2) is 5.53. The Labute approximate surface area is 115 Å². The van der Waals surface area contributed by atoms with Gasteiger partial charge in [0.2, 0.25) is 5.91 Å². The number of tetrazole rings is 1. The van der Waals surface area contributed by atoms with Crippen LogP contribution in [0.2, 0.25) is 0 Å². The van der Waals surface area contributed by atoms with Gasteiger partial charge in [0.1, 0.15) is 6.04 Å². The number of carbonyl (C=O) groups is 2. The standard InChI is InChI=1S/C11H16N6O3/c18-10(16-4-6-20-7-5-16)8-2-1-3-17(8)11(19)9-12-14-15-13-9/h8H,1-7H2,(H,12,13,14,15). The summed E-state index contributed by atoms with van der Waals surface area (Å²) >= 11 is 0. The van der Waals surface area contributed by atoms with Gasteiger partial charge in [-0.2, -0.15) is 5.21 Å². The van der Waals surface area contributed by atoms with Gasteiger partial charge in [-0.05, 0) is 18.1 Å². The summed E-state index contributed by atoms with van der Waals surface area (Å²) in [6.45, 7) is 2.82. The number of ether oxygens (including phenoxy) is 1. The van der Waals surface area contributed by atoms with Gasteiger partial charge in [0.25, 0.3) is 11.7 Å². The van der Waals surface area contributed by atoms with Crippen LogP contribution in [0.1, 0.15) is 23.5 Å². The summed E-state index contributed by atoms with van der Waals surface area (Å²) in [5, 5.41) is 13.0. The van der Waals surface area contributed by atoms with E-state index in [9.17, 15) is 9.59 Å². The lowest BCUT2D eigenvalue weighted by Crippen LogP contribution is -2.51. The number of nitrogens with one attached hydrogen (secondary N) is 1. The number of morpholine rings is 1. The molecule has 9 nitrogen and oxygen atoms in total. The van der Waals surface area contributed by atoms with Crippen LogP contribution in [0.4, 0.5) is 0 Å². The van der Waals surface area contributed by atoms with Gasteiger partial charge in [-0.15, -0.1) is 10.2 Å². The lowest BCUT2D eigenvalue weighted by Gasteiger charge is -2.32. The van der Waals surface area contributed by atoms with Crippen LogP contribution in [0.5, 0.6) is 0 Å². The first-order valence-corrected chi connectivity index (χ1v) is 6.68. The van der Waals surface area contributed by atoms with E-state index < -0.39 is 6.04 Å². The number of likely N-dealkylation sites (tertiary alicyclic amines) is 1. The first-order valence-electron chi connectivity index (χ1n) is 6.68. The number of aromatic nitrogens is 4. The van der Waals surface area contributed by atoms with E-state index in [1.807, 2.05) is 0 Å². The zero-order valence-corrected chi connectivity index (χ0v) is 11.0. The molecular formula is C11H16N6O3. The van der Waals surface area contributed by atoms with Crippen molar-refractivity contribution in [2.24, 2.45) is 0 Å². The van der Waals surface area contributed by atoms with Gasteiger partial charge < -0.3 is 14.5 Å². The molecule has 1 aromatic rings. The van der Waals surface area contributed by atoms with E-state index in [1.165, 1.54) is 0 Å². The molecule has 108 valence electrons. The summed E-state index contributed by atoms with van der Waals surface area (Å²) in [5.41, 5.74) is 0. The maximum Gasteiger partial charge on any atom is 0.296 e. The van der Waals surface area contributed by atoms with Crippen molar-refractivity contribution in [2.45, 2.75) is 18.9 Å². The Balaban J connectivity index is 1.71. The second-order valence-electron chi connectivity index (χ2n) is 4.83. The highest BCUT2D eigenvalue weighted by Crippen LogP contribution is 2.21. The highest BCUT2D eigenvalue weighted by molar-refractivity contribution is 5.95. The quantitative estimate of drug-likeness (QED) is 0.719. The van der Waals surface area contributed by atoms with Crippen LogP contribution in [0.3, 0.4) is 0 Å². The number of rotatable bonds is 2. The molecule has 0 spiro atoms. The molecule has 0 radical (unpaired) electrons. The first-order chi connectivity index (χ1) is 9.77. The number of hydrogen-bond donors (Lipinski definition) is 1. The molecule has 0 bridgehead atoms. The third-order valence-electron chi connectivity index (χ3n) is 3.66. The minimum absolute atomic E-state index is 0.00618. The zero-order valence-electron chi connectivity index (χ0n) is 11.0. The molecule has 1 unspecified atom stereocenters. The number of carbonyl (C=O) groups excluding carboxylic acids is 2. The minimum Gasteiger partial charge on any atom is -0.378 e. The van der Waals surface area contributed by atoms with E-state index in [2.05, 4.69) is 20.6 Å². The number of amides is 2. The van der Waals surface area contributed by atoms with Gasteiger partial charge in [-0.1, -0.05) is 0 Å². The summed E-state index contributed by atoms with van der Waals surface area (Å²) in [6.07, 6.45) is 1.49. The number of H-pyrrole nitrogens is 1. The number of hydrogen-bond acceptors (Lipinski definition) is 6. The molecule has 1 aromatic heterocycles. The first kappa shape index (κ1) is 13.0. The molecule has 0 aliphatic carbocycles. The fourth-order valence-electron chi connectivity index (χ4n) is 2.64. The Morgan fingerprint density at radius 3 is 2.75 bits per heavy atom. The molecule has 1 N–H and O–H groups in total. The number of aromatic amines is 1. The molecule has 3 heterocycles. The average molecular weight is 280 g/mol. The summed E-state index contributed by atoms with van der Waals surface area (Å²) in [7, 11) is 0. The van der Waals surface area contributed by atoms with Crippen molar-refractivity contribution in [1.82, 2.24) is 30.4 Å². The Bertz CT molecular complexity index is 484. The fraction of sp³-hybridized carbons (Fsp3) is 0.727. The van der Waals surface area contributed by atoms with E-state index in [4.69, 9.17) is 4.74 Å². The van der Waals surface area contributed by atoms with Gasteiger partial charge in [0.15, 0.2) is 0 Å². The second-order valence-corrected chi connectivity index (χ2v) is 4.83. The molecule has 20 heavy (non-hydrogen) atoms. The SMILES string of the molecule is O=C(C1CCCN1C(=O)c1nn[nH]n1)N1CCOCC1. The molecule has 2 aliphatic rings. The summed E-state index contributed by atoms with van der Waals surface area (Å²) in [5.74, 6) is -0.350. The van der Waals surface area contributed by atoms with Crippen LogP contribution in [0.15, 0.2) is 0 Å². The maximum atomic E-state index is 12.5. The molecule has 9 heteroatoms. The van der Waals surface area contributed by atoms with E-state index >= 15 is 0 Å². The normalized spacial score (nSPS) is 23.1. The predicted molar refractivity (Wildman–Crippen MR) is 65.6 cm³/mol. The largest absolute Gasteiger partial charge is 0.378 e. The Morgan fingerprint density at radius 2 is 2.05 bits per heavy atom. The van der Waals surface area contributed by atoms with Crippen molar-refractivity contribution in [2.75, 3.05) is 32.8 Å². The average Bonchev–Trinajstić information content (AvgIpc) is 3.18. The Morgan fingerprint density at radius 1 is 1.25 bits per heavy atom. The Hall–Kier alpha value is -2.03. The van der Waals surface area contributed by atoms with Crippen LogP contribution >= 0.6 is 0 Å². The van der Waals surface area contributed by atoms with Crippen molar-refractivity contribution >= 4 is 11.8 Å². The minimum atomic E-state index is -0.418. The molecule has 0 saturated carbocycles. The van der Waals surface area contributed by atoms with E-state index in [0.29, 0.717) is 39.3 Å². The van der Waals surface area contributed by atoms with Crippen molar-refractivity contribution in [1.29, 1.82) is 0 Å². The summed E-state index contributed by atoms with van der Waals surface area (Å²) in [4.78, 5) is 28.1. The highest BCUT2D eigenvalue weighted by atomic mass is 16.5. The van der Waals surface area contributed by atoms with E-state index in [-0.39, 0.29) is 17.6 Å². The highest BCUT2D eigenvalue weighted by Gasteiger charge is 2.38. The molecule has 0 aromatic carbocycles. The van der Waals surface area contributed by atoms with Gasteiger partial charge in [0.05, 0.1) is 13.2 Å². The van der Waals surface area contributed by atoms with E-state index in [1.54, 1.807) is 9.80 Å². The topological polar surface area (TPSA) is 104 Å². The van der Waals surface area contributed by atoms with Crippen molar-refractivity contribution in [3.8, 4) is 0 Å². The molecule has 2 fully saturated rings. The molecule has 2 amide bonds. The van der Waals surface area contributed by atoms with Crippen molar-refractivity contribution in [3.63, 3.8) is 0 Å². The predicted octanol–water partition coefficient (Wildman–Crippen LogP) is -1.34. The lowest BCUT2D eigenvalue weighted by molar-refractivity contribution is -0.139. The van der Waals surface area contributed by atoms with Gasteiger partial charge >= 0.3 is 0 Å². The van der Waals surface area contributed by atoms with Gasteiger partial charge in [-0.3, -0.25) is 9.59 Å². The van der Waals surface area contributed by atoms with Crippen molar-refractivity contribution < 1.29 is 14.3 Å². The molecule has 3 rings (SSSR count). The van der Waals surface area contributed by atoms with Crippen LogP contribution in [-0.2, 0) is 9.53 Å². The summed E-state index contributed by atoms with van der Waals surface area (Å²) < 4.78 is 5.24. The molecule has 1 atom stereocenters. The smallest absolute Gasteiger partial charge is 0.296 e. The summed E-state index contributed by atoms with van der Waals surface area (Å²) in [6, 6.07) is -0.418. The number of nitrogens with zero attached hydrogens (tertiary/aromatic N) is 5. The lowest BCUT2D eigenvalue weighted by atomic mass is 10.2. The van der Waals surface area contributed by atoms with Gasteiger partial charge in [0, 0.05) is 19.6 Å². The molecule has 2 saturated heterocycles. The fourth-order valence-corrected chi connectivity index (χ4v) is 2.64. The third-order valence-corrected chi connectivity index (χ3v) is 3.66. The molecular weight excluding hydrogens is 264 g/mol. The maximum absolute atomic E-state index is 12.5. The van der Waals surface area contributed by atoms with E-state index in [0.717, 1.165) is 6.42 Å². The van der Waals surface area contributed by atoms with Crippen LogP contribution in [0, 0.1) is 0 Å². The molecule has 2 aliphatic heterocycles. The van der Waals surface area contributed by atoms with Crippen LogP contribution in [-0.4, -0.2) is 81.1 Å². The Kier molecular flexibility index (Phi) is 3.59. The monoisotopic (exact) mass is 280 g/mol. The van der Waals surface area contributed by atoms with Crippen molar-refractivity contribution in [3.05, 3.63) is 5.82 Å². The van der Waals surface area contributed by atoms with Crippen LogP contribution in [0.25, 0.3) is 0 Å². The van der Waals surface area contributed by atoms with Gasteiger partial charge in [-0.25, -0.2) is 0 Å².